The summed E-state index contributed by atoms with van der Waals surface area (Å²) in [6.07, 6.45) is 3.65. The summed E-state index contributed by atoms with van der Waals surface area (Å²) in [5.41, 5.74) is 0.687. The van der Waals surface area contributed by atoms with Crippen molar-refractivity contribution < 1.29 is 4.74 Å². The highest BCUT2D eigenvalue weighted by Crippen LogP contribution is 2.13. The first-order chi connectivity index (χ1) is 6.66. The van der Waals surface area contributed by atoms with Gasteiger partial charge in [-0.1, -0.05) is 13.3 Å². The van der Waals surface area contributed by atoms with Crippen molar-refractivity contribution in [3.8, 4) is 5.75 Å². The fraction of sp³-hybridized carbons (Fsp3) is 0.500. The minimum absolute atomic E-state index is 0.0858. The highest BCUT2D eigenvalue weighted by atomic mass is 79.9. The van der Waals surface area contributed by atoms with E-state index in [4.69, 9.17) is 4.74 Å². The fourth-order valence-corrected chi connectivity index (χ4v) is 1.37. The summed E-state index contributed by atoms with van der Waals surface area (Å²) in [5, 5.41) is 0. The lowest BCUT2D eigenvalue weighted by Gasteiger charge is -2.07. The molecule has 0 saturated heterocycles. The van der Waals surface area contributed by atoms with Crippen LogP contribution in [0.25, 0.3) is 0 Å². The second kappa shape index (κ2) is 5.20. The minimum Gasteiger partial charge on any atom is -0.488 e. The van der Waals surface area contributed by atoms with Crippen LogP contribution >= 0.6 is 15.9 Å². The van der Waals surface area contributed by atoms with E-state index in [2.05, 4.69) is 27.8 Å². The Morgan fingerprint density at radius 1 is 1.57 bits per heavy atom. The zero-order valence-corrected chi connectivity index (χ0v) is 9.98. The molecule has 3 nitrogen and oxygen atoms in total. The number of ether oxygens (including phenoxy) is 1. The molecule has 0 unspecified atom stereocenters. The zero-order chi connectivity index (χ0) is 10.6. The van der Waals surface area contributed by atoms with Crippen LogP contribution < -0.4 is 10.2 Å². The molecule has 0 bridgehead atoms. The molecule has 0 aliphatic rings. The van der Waals surface area contributed by atoms with Gasteiger partial charge in [-0.25, -0.2) is 0 Å². The lowest BCUT2D eigenvalue weighted by Crippen LogP contribution is -2.12. The van der Waals surface area contributed by atoms with Crippen LogP contribution in [0.5, 0.6) is 5.75 Å². The van der Waals surface area contributed by atoms with E-state index in [0.29, 0.717) is 16.8 Å². The van der Waals surface area contributed by atoms with Gasteiger partial charge in [-0.15, -0.1) is 0 Å². The Morgan fingerprint density at radius 2 is 2.29 bits per heavy atom. The largest absolute Gasteiger partial charge is 0.488 e. The molecule has 4 heteroatoms. The molecule has 14 heavy (non-hydrogen) atoms. The summed E-state index contributed by atoms with van der Waals surface area (Å²) in [7, 11) is 0. The monoisotopic (exact) mass is 259 g/mol. The third-order valence-corrected chi connectivity index (χ3v) is 2.51. The highest BCUT2D eigenvalue weighted by Gasteiger charge is 2.07. The first kappa shape index (κ1) is 11.3. The van der Waals surface area contributed by atoms with Crippen molar-refractivity contribution in [3.05, 3.63) is 26.6 Å². The predicted octanol–water partition coefficient (Wildman–Crippen LogP) is 2.62. The van der Waals surface area contributed by atoms with Gasteiger partial charge in [0.2, 0.25) is 5.43 Å². The Morgan fingerprint density at radius 3 is 2.93 bits per heavy atom. The summed E-state index contributed by atoms with van der Waals surface area (Å²) in [4.78, 5) is 14.6. The molecule has 0 radical (unpaired) electrons. The van der Waals surface area contributed by atoms with Gasteiger partial charge < -0.3 is 9.72 Å². The van der Waals surface area contributed by atoms with Crippen molar-refractivity contribution in [1.82, 2.24) is 4.98 Å². The SMILES string of the molecule is CCCCOc1c(C)[nH]cc(Br)c1=O. The van der Waals surface area contributed by atoms with E-state index in [1.54, 1.807) is 6.20 Å². The number of nitrogens with one attached hydrogen (secondary N) is 1. The van der Waals surface area contributed by atoms with Crippen molar-refractivity contribution in [1.29, 1.82) is 0 Å². The molecular formula is C10H14BrNO2. The average molecular weight is 260 g/mol. The number of aromatic nitrogens is 1. The van der Waals surface area contributed by atoms with Gasteiger partial charge in [-0.05, 0) is 29.3 Å². The van der Waals surface area contributed by atoms with Gasteiger partial charge in [0, 0.05) is 6.20 Å². The van der Waals surface area contributed by atoms with Crippen molar-refractivity contribution in [2.45, 2.75) is 26.7 Å². The lowest BCUT2D eigenvalue weighted by molar-refractivity contribution is 0.303. The van der Waals surface area contributed by atoms with Crippen molar-refractivity contribution >= 4 is 15.9 Å². The van der Waals surface area contributed by atoms with Gasteiger partial charge >= 0.3 is 0 Å². The van der Waals surface area contributed by atoms with Gasteiger partial charge in [0.15, 0.2) is 5.75 Å². The molecule has 0 fully saturated rings. The maximum Gasteiger partial charge on any atom is 0.237 e. The van der Waals surface area contributed by atoms with Crippen LogP contribution in [0.4, 0.5) is 0 Å². The number of aryl methyl sites for hydroxylation is 1. The molecule has 0 aliphatic carbocycles. The maximum atomic E-state index is 11.6. The summed E-state index contributed by atoms with van der Waals surface area (Å²) in [6.45, 7) is 4.51. The molecule has 0 saturated carbocycles. The standard InChI is InChI=1S/C10H14BrNO2/c1-3-4-5-14-10-7(2)12-6-8(11)9(10)13/h6H,3-5H2,1-2H3,(H,12,13). The maximum absolute atomic E-state index is 11.6. The van der Waals surface area contributed by atoms with E-state index < -0.39 is 0 Å². The Labute approximate surface area is 91.6 Å². The number of pyridine rings is 1. The second-order valence-electron chi connectivity index (χ2n) is 3.12. The normalized spacial score (nSPS) is 10.2. The molecule has 78 valence electrons. The molecule has 0 spiro atoms. The molecule has 0 aromatic carbocycles. The van der Waals surface area contributed by atoms with Crippen LogP contribution in [-0.4, -0.2) is 11.6 Å². The van der Waals surface area contributed by atoms with Gasteiger partial charge in [-0.3, -0.25) is 4.79 Å². The Kier molecular flexibility index (Phi) is 4.20. The van der Waals surface area contributed by atoms with Crippen molar-refractivity contribution in [2.75, 3.05) is 6.61 Å². The third kappa shape index (κ3) is 2.61. The number of aromatic amines is 1. The smallest absolute Gasteiger partial charge is 0.237 e. The van der Waals surface area contributed by atoms with Crippen molar-refractivity contribution in [2.24, 2.45) is 0 Å². The van der Waals surface area contributed by atoms with E-state index >= 15 is 0 Å². The van der Waals surface area contributed by atoms with Crippen LogP contribution in [-0.2, 0) is 0 Å². The summed E-state index contributed by atoms with van der Waals surface area (Å²) in [5.74, 6) is 0.424. The summed E-state index contributed by atoms with van der Waals surface area (Å²) >= 11 is 3.17. The zero-order valence-electron chi connectivity index (χ0n) is 8.39. The average Bonchev–Trinajstić information content (AvgIpc) is 2.18. The van der Waals surface area contributed by atoms with Crippen LogP contribution in [0, 0.1) is 6.92 Å². The number of unbranched alkanes of at least 4 members (excludes halogenated alkanes) is 1. The first-order valence-corrected chi connectivity index (χ1v) is 5.46. The van der Waals surface area contributed by atoms with E-state index in [-0.39, 0.29) is 5.43 Å². The van der Waals surface area contributed by atoms with Gasteiger partial charge in [0.1, 0.15) is 0 Å². The minimum atomic E-state index is -0.0858. The number of hydrogen-bond acceptors (Lipinski definition) is 2. The number of halogens is 1. The number of rotatable bonds is 4. The quantitative estimate of drug-likeness (QED) is 0.845. The second-order valence-corrected chi connectivity index (χ2v) is 3.98. The van der Waals surface area contributed by atoms with Crippen LogP contribution in [0.3, 0.4) is 0 Å². The highest BCUT2D eigenvalue weighted by molar-refractivity contribution is 9.10. The number of hydrogen-bond donors (Lipinski definition) is 1. The van der Waals surface area contributed by atoms with Crippen LogP contribution in [0.15, 0.2) is 15.5 Å². The van der Waals surface area contributed by atoms with Crippen LogP contribution in [0.1, 0.15) is 25.5 Å². The molecule has 0 amide bonds. The van der Waals surface area contributed by atoms with Gasteiger partial charge in [0.05, 0.1) is 16.8 Å². The van der Waals surface area contributed by atoms with Gasteiger partial charge in [-0.2, -0.15) is 0 Å². The molecule has 1 rings (SSSR count). The summed E-state index contributed by atoms with van der Waals surface area (Å²) in [6, 6.07) is 0. The molecule has 0 aliphatic heterocycles. The fourth-order valence-electron chi connectivity index (χ4n) is 1.07. The lowest BCUT2D eigenvalue weighted by atomic mass is 10.3. The molecular weight excluding hydrogens is 246 g/mol. The Bertz CT molecular complexity index is 360. The van der Waals surface area contributed by atoms with E-state index in [1.807, 2.05) is 6.92 Å². The molecule has 1 aromatic heterocycles. The molecule has 1 N–H and O–H groups in total. The first-order valence-electron chi connectivity index (χ1n) is 4.67. The van der Waals surface area contributed by atoms with Crippen molar-refractivity contribution in [3.63, 3.8) is 0 Å². The van der Waals surface area contributed by atoms with E-state index in [0.717, 1.165) is 18.5 Å². The number of H-pyrrole nitrogens is 1. The van der Waals surface area contributed by atoms with E-state index in [1.165, 1.54) is 0 Å². The summed E-state index contributed by atoms with van der Waals surface area (Å²) < 4.78 is 5.92. The topological polar surface area (TPSA) is 42.1 Å². The third-order valence-electron chi connectivity index (χ3n) is 1.92. The van der Waals surface area contributed by atoms with Gasteiger partial charge in [0.25, 0.3) is 0 Å². The predicted molar refractivity (Wildman–Crippen MR) is 59.9 cm³/mol. The molecule has 0 atom stereocenters. The molecule has 1 aromatic rings. The van der Waals surface area contributed by atoms with E-state index in [9.17, 15) is 4.79 Å². The molecule has 1 heterocycles. The Balaban J connectivity index is 2.84. The Hall–Kier alpha value is -0.770. The van der Waals surface area contributed by atoms with Crippen LogP contribution in [0.2, 0.25) is 0 Å².